The third kappa shape index (κ3) is 3.05. The van der Waals surface area contributed by atoms with Gasteiger partial charge < -0.3 is 4.74 Å². The number of ether oxygens (including phenoxy) is 1. The highest BCUT2D eigenvalue weighted by molar-refractivity contribution is 6.02. The summed E-state index contributed by atoms with van der Waals surface area (Å²) in [6.45, 7) is 4.03. The number of hydrogen-bond donors (Lipinski definition) is 0. The second-order valence-corrected chi connectivity index (χ2v) is 9.84. The maximum atomic E-state index is 12.8. The lowest BCUT2D eigenvalue weighted by molar-refractivity contribution is -0.121. The van der Waals surface area contributed by atoms with Gasteiger partial charge in [0.15, 0.2) is 11.6 Å². The van der Waals surface area contributed by atoms with Crippen LogP contribution in [0.15, 0.2) is 42.2 Å². The summed E-state index contributed by atoms with van der Waals surface area (Å²) in [4.78, 5) is 31.7. The van der Waals surface area contributed by atoms with E-state index >= 15 is 0 Å². The van der Waals surface area contributed by atoms with Crippen LogP contribution in [0.25, 0.3) is 22.4 Å². The van der Waals surface area contributed by atoms with Gasteiger partial charge in [-0.3, -0.25) is 4.79 Å². The Morgan fingerprint density at radius 2 is 1.97 bits per heavy atom. The van der Waals surface area contributed by atoms with Crippen molar-refractivity contribution in [2.24, 2.45) is 11.8 Å². The Morgan fingerprint density at radius 3 is 2.74 bits per heavy atom. The zero-order chi connectivity index (χ0) is 23.4. The van der Waals surface area contributed by atoms with Crippen molar-refractivity contribution in [2.75, 3.05) is 0 Å². The van der Waals surface area contributed by atoms with Crippen molar-refractivity contribution in [1.29, 1.82) is 5.26 Å². The van der Waals surface area contributed by atoms with Gasteiger partial charge in [0.1, 0.15) is 24.2 Å². The number of ketones is 1. The number of nitriles is 1. The maximum absolute atomic E-state index is 12.8. The minimum absolute atomic E-state index is 0.0612. The Bertz CT molecular complexity index is 1400. The molecule has 7 nitrogen and oxygen atoms in total. The van der Waals surface area contributed by atoms with Gasteiger partial charge in [0.05, 0.1) is 16.8 Å². The van der Waals surface area contributed by atoms with Crippen LogP contribution in [-0.4, -0.2) is 31.8 Å². The Kier molecular flexibility index (Phi) is 4.73. The van der Waals surface area contributed by atoms with Crippen molar-refractivity contribution in [2.45, 2.75) is 57.5 Å². The number of aromatic nitrogens is 4. The first kappa shape index (κ1) is 20.9. The molecule has 3 aliphatic rings. The van der Waals surface area contributed by atoms with Crippen LogP contribution in [0.4, 0.5) is 0 Å². The molecule has 34 heavy (non-hydrogen) atoms. The lowest BCUT2D eigenvalue weighted by atomic mass is 9.58. The zero-order valence-corrected chi connectivity index (χ0v) is 19.3. The van der Waals surface area contributed by atoms with Gasteiger partial charge in [0.2, 0.25) is 5.88 Å². The van der Waals surface area contributed by atoms with E-state index in [0.29, 0.717) is 17.4 Å². The molecule has 170 valence electrons. The fourth-order valence-electron chi connectivity index (χ4n) is 5.77. The summed E-state index contributed by atoms with van der Waals surface area (Å²) < 4.78 is 6.40. The molecule has 0 bridgehead atoms. The zero-order valence-electron chi connectivity index (χ0n) is 19.3. The number of rotatable bonds is 3. The summed E-state index contributed by atoms with van der Waals surface area (Å²) in [5, 5.41) is 10.6. The number of allylic oxidation sites excluding steroid dienone is 2. The van der Waals surface area contributed by atoms with Gasteiger partial charge in [-0.15, -0.1) is 0 Å². The van der Waals surface area contributed by atoms with Crippen LogP contribution >= 0.6 is 0 Å². The highest BCUT2D eigenvalue weighted by atomic mass is 16.5. The number of carbonyl (C=O) groups is 1. The molecule has 0 aliphatic heterocycles. The van der Waals surface area contributed by atoms with Crippen molar-refractivity contribution in [1.82, 2.24) is 19.9 Å². The average Bonchev–Trinajstić information content (AvgIpc) is 2.83. The molecule has 3 aromatic rings. The first-order chi connectivity index (χ1) is 16.5. The van der Waals surface area contributed by atoms with E-state index in [-0.39, 0.29) is 29.3 Å². The van der Waals surface area contributed by atoms with Gasteiger partial charge in [-0.1, -0.05) is 38.1 Å². The van der Waals surface area contributed by atoms with E-state index in [0.717, 1.165) is 54.3 Å². The second kappa shape index (κ2) is 7.69. The molecule has 0 amide bonds. The van der Waals surface area contributed by atoms with Crippen LogP contribution in [0.1, 0.15) is 50.8 Å². The van der Waals surface area contributed by atoms with Crippen LogP contribution in [0, 0.1) is 23.2 Å². The molecule has 6 rings (SSSR count). The molecule has 7 heteroatoms. The Morgan fingerprint density at radius 1 is 1.15 bits per heavy atom. The quantitative estimate of drug-likeness (QED) is 0.577. The van der Waals surface area contributed by atoms with E-state index in [4.69, 9.17) is 14.7 Å². The number of carbonyl (C=O) groups excluding carboxylic acids is 1. The van der Waals surface area contributed by atoms with E-state index in [1.807, 2.05) is 37.3 Å². The lowest BCUT2D eigenvalue weighted by Gasteiger charge is -2.45. The summed E-state index contributed by atoms with van der Waals surface area (Å²) in [5.41, 5.74) is 2.96. The van der Waals surface area contributed by atoms with Crippen molar-refractivity contribution in [3.63, 3.8) is 0 Å². The number of fused-ring (bicyclic) bond motifs is 4. The van der Waals surface area contributed by atoms with Gasteiger partial charge in [-0.2, -0.15) is 10.2 Å². The predicted molar refractivity (Wildman–Crippen MR) is 126 cm³/mol. The normalized spacial score (nSPS) is 26.1. The van der Waals surface area contributed by atoms with Crippen LogP contribution < -0.4 is 4.74 Å². The van der Waals surface area contributed by atoms with E-state index < -0.39 is 5.41 Å². The van der Waals surface area contributed by atoms with Crippen molar-refractivity contribution >= 4 is 16.7 Å². The molecule has 0 unspecified atom stereocenters. The fourth-order valence-corrected chi connectivity index (χ4v) is 5.77. The van der Waals surface area contributed by atoms with Crippen molar-refractivity contribution < 1.29 is 9.53 Å². The number of nitrogens with zero attached hydrogens (tertiary/aromatic N) is 5. The molecule has 2 aromatic heterocycles. The topological polar surface area (TPSA) is 102 Å². The van der Waals surface area contributed by atoms with Crippen molar-refractivity contribution in [3.05, 3.63) is 53.5 Å². The Hall–Kier alpha value is -3.66. The first-order valence-corrected chi connectivity index (χ1v) is 11.9. The summed E-state index contributed by atoms with van der Waals surface area (Å²) >= 11 is 0. The molecule has 0 spiro atoms. The van der Waals surface area contributed by atoms with Crippen LogP contribution in [-0.2, 0) is 16.6 Å². The SMILES string of the molecule is C[C@H]1C(=O)C(C#N)=C[C@@]2(C)c3nc(-c4ncnc5ccccc45)nc(OC4CCC4)c3CC[C@H]12. The summed E-state index contributed by atoms with van der Waals surface area (Å²) in [7, 11) is 0. The molecular weight excluding hydrogens is 426 g/mol. The molecule has 1 saturated carbocycles. The monoisotopic (exact) mass is 451 g/mol. The van der Waals surface area contributed by atoms with E-state index in [2.05, 4.69) is 23.0 Å². The Labute approximate surface area is 197 Å². The minimum Gasteiger partial charge on any atom is -0.474 e. The molecule has 3 atom stereocenters. The van der Waals surface area contributed by atoms with Crippen LogP contribution in [0.5, 0.6) is 5.88 Å². The highest BCUT2D eigenvalue weighted by Gasteiger charge is 2.50. The number of para-hydroxylation sites is 1. The van der Waals surface area contributed by atoms with Crippen LogP contribution in [0.3, 0.4) is 0 Å². The molecular formula is C27H25N5O2. The third-order valence-electron chi connectivity index (χ3n) is 7.89. The third-order valence-corrected chi connectivity index (χ3v) is 7.89. The van der Waals surface area contributed by atoms with E-state index in [1.54, 1.807) is 0 Å². The highest BCUT2D eigenvalue weighted by Crippen LogP contribution is 2.51. The number of Topliss-reactive ketones (excluding diaryl/α,β-unsaturated/α-hetero) is 1. The van der Waals surface area contributed by atoms with Crippen molar-refractivity contribution in [3.8, 4) is 23.5 Å². The molecule has 3 aliphatic carbocycles. The summed E-state index contributed by atoms with van der Waals surface area (Å²) in [6.07, 6.45) is 8.31. The maximum Gasteiger partial charge on any atom is 0.220 e. The van der Waals surface area contributed by atoms with Gasteiger partial charge in [-0.25, -0.2) is 15.0 Å². The first-order valence-electron chi connectivity index (χ1n) is 11.9. The van der Waals surface area contributed by atoms with Gasteiger partial charge in [0, 0.05) is 22.3 Å². The fraction of sp³-hybridized carbons (Fsp3) is 0.407. The molecule has 1 aromatic carbocycles. The summed E-state index contributed by atoms with van der Waals surface area (Å²) in [6, 6.07) is 9.93. The number of hydrogen-bond acceptors (Lipinski definition) is 7. The molecule has 2 heterocycles. The largest absolute Gasteiger partial charge is 0.474 e. The van der Waals surface area contributed by atoms with Gasteiger partial charge in [0.25, 0.3) is 0 Å². The standard InChI is InChI=1S/C27H25N5O2/c1-15-20-11-10-19-24(27(20,2)12-16(13-28)23(15)33)31-25(32-26(19)34-17-6-5-7-17)22-18-8-3-4-9-21(18)29-14-30-22/h3-4,8-9,12,14-15,17,20H,5-7,10-11H2,1-2H3/t15-,20-,27-/m1/s1. The predicted octanol–water partition coefficient (Wildman–Crippen LogP) is 4.51. The molecule has 0 radical (unpaired) electrons. The number of benzene rings is 1. The second-order valence-electron chi connectivity index (χ2n) is 9.84. The van der Waals surface area contributed by atoms with Gasteiger partial charge in [-0.05, 0) is 44.1 Å². The molecule has 0 N–H and O–H groups in total. The van der Waals surface area contributed by atoms with E-state index in [1.165, 1.54) is 6.33 Å². The van der Waals surface area contributed by atoms with Gasteiger partial charge >= 0.3 is 0 Å². The smallest absolute Gasteiger partial charge is 0.220 e. The molecule has 1 fully saturated rings. The molecule has 0 saturated heterocycles. The van der Waals surface area contributed by atoms with E-state index in [9.17, 15) is 10.1 Å². The average molecular weight is 452 g/mol. The van der Waals surface area contributed by atoms with Crippen LogP contribution in [0.2, 0.25) is 0 Å². The Balaban J connectivity index is 1.60. The minimum atomic E-state index is -0.565. The summed E-state index contributed by atoms with van der Waals surface area (Å²) in [5.74, 6) is 0.849. The lowest BCUT2D eigenvalue weighted by Crippen LogP contribution is -2.46.